The zero-order valence-electron chi connectivity index (χ0n) is 22.4. The van der Waals surface area contributed by atoms with E-state index in [1.807, 2.05) is 102 Å². The molecule has 0 bridgehead atoms. The number of nitrogens with one attached hydrogen (secondary N) is 6. The van der Waals surface area contributed by atoms with Crippen molar-refractivity contribution >= 4 is 52.0 Å². The number of benzene rings is 2. The van der Waals surface area contributed by atoms with Crippen LogP contribution in [0.2, 0.25) is 0 Å². The monoisotopic (exact) mass is 572 g/mol. The van der Waals surface area contributed by atoms with Gasteiger partial charge in [0.1, 0.15) is 11.3 Å². The van der Waals surface area contributed by atoms with Gasteiger partial charge in [0.05, 0.1) is 12.1 Å². The number of thiocarbonyl (C=S) groups is 3. The topological polar surface area (TPSA) is 122 Å². The molecule has 2 aromatic carbocycles. The first-order chi connectivity index (χ1) is 17.9. The van der Waals surface area contributed by atoms with E-state index in [2.05, 4.69) is 52.8 Å². The summed E-state index contributed by atoms with van der Waals surface area (Å²) in [6.45, 7) is 11.4. The van der Waals surface area contributed by atoms with E-state index < -0.39 is 11.3 Å². The second kappa shape index (κ2) is 14.6. The SMILES string of the molecule is CC(/N=N/C(C)(C)NC(=S)NNC(=S)NNC(=S)NC(C)(C)/N=N/C(C)c1ccccc1)c1ccccc1. The molecule has 0 fully saturated rings. The Labute approximate surface area is 240 Å². The summed E-state index contributed by atoms with van der Waals surface area (Å²) in [4.78, 5) is 0. The number of hydrogen-bond acceptors (Lipinski definition) is 7. The Bertz CT molecular complexity index is 1030. The van der Waals surface area contributed by atoms with Crippen LogP contribution in [0.3, 0.4) is 0 Å². The first-order valence-corrected chi connectivity index (χ1v) is 13.3. The van der Waals surface area contributed by atoms with Gasteiger partial charge in [-0.1, -0.05) is 60.7 Å². The molecule has 0 aliphatic heterocycles. The number of hydrogen-bond donors (Lipinski definition) is 6. The van der Waals surface area contributed by atoms with E-state index >= 15 is 0 Å². The summed E-state index contributed by atoms with van der Waals surface area (Å²) < 4.78 is 0. The molecule has 0 radical (unpaired) electrons. The van der Waals surface area contributed by atoms with Crippen molar-refractivity contribution in [1.29, 1.82) is 0 Å². The lowest BCUT2D eigenvalue weighted by Gasteiger charge is -2.25. The number of rotatable bonds is 8. The molecule has 0 aromatic heterocycles. The van der Waals surface area contributed by atoms with E-state index in [0.29, 0.717) is 10.2 Å². The molecule has 0 aliphatic carbocycles. The molecule has 0 saturated carbocycles. The summed E-state index contributed by atoms with van der Waals surface area (Å²) in [6, 6.07) is 19.8. The highest BCUT2D eigenvalue weighted by Gasteiger charge is 2.19. The molecule has 2 aromatic rings. The average molecular weight is 573 g/mol. The molecular formula is C25H36N10S3. The van der Waals surface area contributed by atoms with Crippen molar-refractivity contribution in [3.63, 3.8) is 0 Å². The largest absolute Gasteiger partial charge is 0.336 e. The molecule has 0 heterocycles. The summed E-state index contributed by atoms with van der Waals surface area (Å²) >= 11 is 15.9. The van der Waals surface area contributed by atoms with Crippen molar-refractivity contribution in [2.75, 3.05) is 0 Å². The van der Waals surface area contributed by atoms with Gasteiger partial charge in [-0.05, 0) is 89.3 Å². The van der Waals surface area contributed by atoms with Gasteiger partial charge in [0.25, 0.3) is 0 Å². The van der Waals surface area contributed by atoms with Gasteiger partial charge in [0, 0.05) is 0 Å². The first-order valence-electron chi connectivity index (χ1n) is 12.0. The fourth-order valence-electron chi connectivity index (χ4n) is 2.98. The zero-order chi connectivity index (χ0) is 28.2. The maximum absolute atomic E-state index is 5.33. The van der Waals surface area contributed by atoms with Crippen molar-refractivity contribution in [2.45, 2.75) is 65.0 Å². The van der Waals surface area contributed by atoms with Crippen LogP contribution in [0.1, 0.15) is 64.8 Å². The highest BCUT2D eigenvalue weighted by atomic mass is 32.1. The van der Waals surface area contributed by atoms with E-state index in [0.717, 1.165) is 11.1 Å². The van der Waals surface area contributed by atoms with Crippen LogP contribution >= 0.6 is 36.7 Å². The van der Waals surface area contributed by atoms with Crippen molar-refractivity contribution in [1.82, 2.24) is 32.3 Å². The van der Waals surface area contributed by atoms with Crippen LogP contribution in [0.25, 0.3) is 0 Å². The van der Waals surface area contributed by atoms with Crippen molar-refractivity contribution in [2.24, 2.45) is 20.5 Å². The minimum Gasteiger partial charge on any atom is -0.336 e. The third kappa shape index (κ3) is 11.8. The van der Waals surface area contributed by atoms with Crippen LogP contribution in [0.15, 0.2) is 81.1 Å². The molecule has 6 N–H and O–H groups in total. The van der Waals surface area contributed by atoms with E-state index in [9.17, 15) is 0 Å². The van der Waals surface area contributed by atoms with Crippen LogP contribution in [0.4, 0.5) is 0 Å². The normalized spacial score (nSPS) is 13.4. The van der Waals surface area contributed by atoms with Crippen molar-refractivity contribution in [3.8, 4) is 0 Å². The lowest BCUT2D eigenvalue weighted by atomic mass is 10.1. The second-order valence-electron chi connectivity index (χ2n) is 9.46. The van der Waals surface area contributed by atoms with Crippen LogP contribution < -0.4 is 32.3 Å². The molecule has 0 saturated heterocycles. The molecule has 2 atom stereocenters. The number of hydrazine groups is 2. The lowest BCUT2D eigenvalue weighted by molar-refractivity contribution is 0.439. The molecule has 2 unspecified atom stereocenters. The number of nitrogens with zero attached hydrogens (tertiary/aromatic N) is 4. The minimum absolute atomic E-state index is 0.0732. The maximum atomic E-state index is 5.33. The minimum atomic E-state index is -0.730. The Kier molecular flexibility index (Phi) is 11.9. The van der Waals surface area contributed by atoms with E-state index in [4.69, 9.17) is 36.7 Å². The molecule has 13 heteroatoms. The fourth-order valence-corrected chi connectivity index (χ4v) is 3.69. The van der Waals surface area contributed by atoms with Gasteiger partial charge in [-0.2, -0.15) is 20.5 Å². The van der Waals surface area contributed by atoms with E-state index in [1.165, 1.54) is 0 Å². The Hall–Kier alpha value is -3.29. The van der Waals surface area contributed by atoms with Crippen LogP contribution in [-0.4, -0.2) is 26.7 Å². The molecule has 38 heavy (non-hydrogen) atoms. The van der Waals surface area contributed by atoms with E-state index in [-0.39, 0.29) is 17.2 Å². The van der Waals surface area contributed by atoms with Crippen LogP contribution in [0, 0.1) is 0 Å². The predicted molar refractivity (Wildman–Crippen MR) is 164 cm³/mol. The summed E-state index contributed by atoms with van der Waals surface area (Å²) in [5.74, 6) is 0. The van der Waals surface area contributed by atoms with Crippen molar-refractivity contribution < 1.29 is 0 Å². The highest BCUT2D eigenvalue weighted by molar-refractivity contribution is 7.81. The lowest BCUT2D eigenvalue weighted by Crippen LogP contribution is -2.58. The fraction of sp³-hybridized carbons (Fsp3) is 0.400. The third-order valence-corrected chi connectivity index (χ3v) is 5.56. The highest BCUT2D eigenvalue weighted by Crippen LogP contribution is 2.19. The summed E-state index contributed by atoms with van der Waals surface area (Å²) in [7, 11) is 0. The molecule has 0 spiro atoms. The van der Waals surface area contributed by atoms with Crippen LogP contribution in [0.5, 0.6) is 0 Å². The maximum Gasteiger partial charge on any atom is 0.204 e. The molecular weight excluding hydrogens is 537 g/mol. The van der Waals surface area contributed by atoms with Crippen molar-refractivity contribution in [3.05, 3.63) is 71.8 Å². The quantitative estimate of drug-likeness (QED) is 0.146. The Morgan fingerprint density at radius 2 is 0.895 bits per heavy atom. The van der Waals surface area contributed by atoms with Gasteiger partial charge < -0.3 is 10.6 Å². The molecule has 0 amide bonds. The summed E-state index contributed by atoms with van der Waals surface area (Å²) in [6.07, 6.45) is 0. The number of azo groups is 2. The van der Waals surface area contributed by atoms with Gasteiger partial charge in [0.15, 0.2) is 10.2 Å². The summed E-state index contributed by atoms with van der Waals surface area (Å²) in [5, 5.41) is 24.5. The van der Waals surface area contributed by atoms with Crippen LogP contribution in [-0.2, 0) is 0 Å². The molecule has 2 rings (SSSR count). The van der Waals surface area contributed by atoms with Gasteiger partial charge >= 0.3 is 0 Å². The van der Waals surface area contributed by atoms with Gasteiger partial charge in [-0.3, -0.25) is 21.7 Å². The van der Waals surface area contributed by atoms with E-state index in [1.54, 1.807) is 0 Å². The molecule has 204 valence electrons. The second-order valence-corrected chi connectivity index (χ2v) is 10.7. The Balaban J connectivity index is 1.72. The Morgan fingerprint density at radius 3 is 1.24 bits per heavy atom. The smallest absolute Gasteiger partial charge is 0.204 e. The molecule has 10 nitrogen and oxygen atoms in total. The third-order valence-electron chi connectivity index (χ3n) is 4.94. The Morgan fingerprint density at radius 1 is 0.579 bits per heavy atom. The van der Waals surface area contributed by atoms with Gasteiger partial charge in [-0.15, -0.1) is 0 Å². The first kappa shape index (κ1) is 30.9. The van der Waals surface area contributed by atoms with Gasteiger partial charge in [0.2, 0.25) is 5.11 Å². The average Bonchev–Trinajstić information content (AvgIpc) is 2.88. The summed E-state index contributed by atoms with van der Waals surface area (Å²) in [5.41, 5.74) is 11.9. The zero-order valence-corrected chi connectivity index (χ0v) is 24.9. The predicted octanol–water partition coefficient (Wildman–Crippen LogP) is 5.11. The molecule has 0 aliphatic rings. The standard InChI is InChI=1S/C25H36N10S3/c1-17(19-13-9-7-10-14-19)28-34-24(3,4)26-21(36)30-32-23(38)33-31-22(37)27-25(5,6)35-29-18(2)20-15-11-8-12-16-20/h7-18H,1-6H3,(H2,26,30,36)(H2,27,31,37)(H2,32,33,38)/b34-28+,35-29+. The van der Waals surface area contributed by atoms with Gasteiger partial charge in [-0.25, -0.2) is 0 Å².